The number of nitrogens with one attached hydrogen (secondary N) is 1. The molecule has 2 heterocycles. The Kier molecular flexibility index (Phi) is 2.84. The quantitative estimate of drug-likeness (QED) is 0.876. The molecule has 16 heavy (non-hydrogen) atoms. The van der Waals surface area contributed by atoms with E-state index >= 15 is 0 Å². The number of rotatable bonds is 3. The van der Waals surface area contributed by atoms with Gasteiger partial charge in [-0.25, -0.2) is 4.98 Å². The highest BCUT2D eigenvalue weighted by Gasteiger charge is 2.27. The summed E-state index contributed by atoms with van der Waals surface area (Å²) in [7, 11) is 0. The molecule has 1 aromatic heterocycles. The van der Waals surface area contributed by atoms with Gasteiger partial charge in [-0.15, -0.1) is 0 Å². The second-order valence-corrected chi connectivity index (χ2v) is 6.10. The molecule has 0 amide bonds. The zero-order valence-corrected chi connectivity index (χ0v) is 10.6. The van der Waals surface area contributed by atoms with Gasteiger partial charge in [0.1, 0.15) is 0 Å². The average molecular weight is 237 g/mol. The molecule has 0 unspecified atom stereocenters. The largest absolute Gasteiger partial charge is 0.353 e. The van der Waals surface area contributed by atoms with Gasteiger partial charge in [0.2, 0.25) is 5.95 Å². The van der Waals surface area contributed by atoms with E-state index in [4.69, 9.17) is 0 Å². The highest BCUT2D eigenvalue weighted by Crippen LogP contribution is 2.37. The maximum atomic E-state index is 4.61. The molecule has 88 valence electrons. The van der Waals surface area contributed by atoms with Gasteiger partial charge in [0.05, 0.1) is 5.69 Å². The maximum Gasteiger partial charge on any atom is 0.203 e. The van der Waals surface area contributed by atoms with Gasteiger partial charge in [0, 0.05) is 18.3 Å². The summed E-state index contributed by atoms with van der Waals surface area (Å²) in [6, 6.07) is 1.36. The van der Waals surface area contributed by atoms with Crippen LogP contribution in [-0.2, 0) is 0 Å². The Balaban J connectivity index is 1.72. The van der Waals surface area contributed by atoms with Crippen molar-refractivity contribution in [2.75, 3.05) is 16.8 Å². The van der Waals surface area contributed by atoms with Crippen LogP contribution in [-0.4, -0.2) is 27.1 Å². The van der Waals surface area contributed by atoms with E-state index in [1.165, 1.54) is 37.2 Å². The second-order valence-electron chi connectivity index (χ2n) is 4.88. The first-order chi connectivity index (χ1) is 7.83. The lowest BCUT2D eigenvalue weighted by Gasteiger charge is -2.23. The summed E-state index contributed by atoms with van der Waals surface area (Å²) in [6.07, 6.45) is 7.40. The number of hydrogen-bond acceptors (Lipinski definition) is 3. The molecule has 0 bridgehead atoms. The van der Waals surface area contributed by atoms with Gasteiger partial charge in [-0.05, 0) is 44.1 Å². The van der Waals surface area contributed by atoms with Crippen molar-refractivity contribution in [2.24, 2.45) is 0 Å². The average Bonchev–Trinajstić information content (AvgIpc) is 3.06. The molecule has 1 aliphatic carbocycles. The number of aromatic nitrogens is 2. The highest BCUT2D eigenvalue weighted by molar-refractivity contribution is 7.99. The normalized spacial score (nSPS) is 22.3. The monoisotopic (exact) mass is 237 g/mol. The lowest BCUT2D eigenvalue weighted by molar-refractivity contribution is 0.643. The van der Waals surface area contributed by atoms with Crippen molar-refractivity contribution in [3.8, 4) is 0 Å². The van der Waals surface area contributed by atoms with Gasteiger partial charge in [0.25, 0.3) is 0 Å². The van der Waals surface area contributed by atoms with E-state index in [-0.39, 0.29) is 0 Å². The summed E-state index contributed by atoms with van der Waals surface area (Å²) in [6.45, 7) is 2.08. The molecule has 1 aromatic rings. The molecule has 1 saturated carbocycles. The fourth-order valence-corrected chi connectivity index (χ4v) is 3.38. The van der Waals surface area contributed by atoms with Crippen molar-refractivity contribution in [2.45, 2.75) is 44.7 Å². The lowest BCUT2D eigenvalue weighted by atomic mass is 10.2. The van der Waals surface area contributed by atoms with E-state index in [0.29, 0.717) is 6.04 Å². The zero-order valence-electron chi connectivity index (χ0n) is 9.78. The minimum Gasteiger partial charge on any atom is -0.353 e. The van der Waals surface area contributed by atoms with Crippen molar-refractivity contribution in [3.63, 3.8) is 0 Å². The van der Waals surface area contributed by atoms with Crippen molar-refractivity contribution < 1.29 is 0 Å². The van der Waals surface area contributed by atoms with Crippen LogP contribution in [0.1, 0.15) is 37.4 Å². The molecule has 2 fully saturated rings. The molecule has 3 nitrogen and oxygen atoms in total. The molecule has 0 aromatic carbocycles. The minimum absolute atomic E-state index is 0.639. The van der Waals surface area contributed by atoms with Gasteiger partial charge in [0.15, 0.2) is 0 Å². The lowest BCUT2D eigenvalue weighted by Crippen LogP contribution is -2.26. The summed E-state index contributed by atoms with van der Waals surface area (Å²) in [5.74, 6) is 3.69. The van der Waals surface area contributed by atoms with Crippen LogP contribution in [0, 0.1) is 6.92 Å². The van der Waals surface area contributed by atoms with E-state index in [2.05, 4.69) is 39.8 Å². The van der Waals surface area contributed by atoms with Crippen LogP contribution >= 0.6 is 11.8 Å². The molecule has 0 spiro atoms. The molecular formula is C12H19N3S. The second kappa shape index (κ2) is 4.32. The Morgan fingerprint density at radius 1 is 1.31 bits per heavy atom. The standard InChI is InChI=1S/C12H19N3S/c1-9-8-15(11-2-3-11)12(13-9)14-10-4-6-16-7-5-10/h8,10-11H,2-7H2,1H3,(H,13,14). The van der Waals surface area contributed by atoms with Crippen LogP contribution < -0.4 is 5.32 Å². The molecule has 3 rings (SSSR count). The van der Waals surface area contributed by atoms with Crippen LogP contribution in [0.2, 0.25) is 0 Å². The van der Waals surface area contributed by atoms with Gasteiger partial charge in [-0.3, -0.25) is 0 Å². The van der Waals surface area contributed by atoms with Crippen molar-refractivity contribution in [1.29, 1.82) is 0 Å². The first-order valence-electron chi connectivity index (χ1n) is 6.22. The molecule has 1 saturated heterocycles. The Hall–Kier alpha value is -0.640. The third kappa shape index (κ3) is 2.21. The van der Waals surface area contributed by atoms with E-state index in [1.54, 1.807) is 0 Å². The van der Waals surface area contributed by atoms with Gasteiger partial charge in [-0.2, -0.15) is 11.8 Å². The minimum atomic E-state index is 0.639. The third-order valence-electron chi connectivity index (χ3n) is 3.35. The predicted octanol–water partition coefficient (Wildman–Crippen LogP) is 2.83. The van der Waals surface area contributed by atoms with E-state index in [1.807, 2.05) is 0 Å². The number of thioether (sulfide) groups is 1. The topological polar surface area (TPSA) is 29.9 Å². The molecule has 0 radical (unpaired) electrons. The SMILES string of the molecule is Cc1cn(C2CC2)c(NC2CCSCC2)n1. The van der Waals surface area contributed by atoms with Crippen LogP contribution in [0.15, 0.2) is 6.20 Å². The number of aryl methyl sites for hydroxylation is 1. The fraction of sp³-hybridized carbons (Fsp3) is 0.750. The smallest absolute Gasteiger partial charge is 0.203 e. The van der Waals surface area contributed by atoms with Gasteiger partial charge in [-0.1, -0.05) is 0 Å². The summed E-state index contributed by atoms with van der Waals surface area (Å²) >= 11 is 2.07. The van der Waals surface area contributed by atoms with E-state index < -0.39 is 0 Å². The van der Waals surface area contributed by atoms with Crippen LogP contribution in [0.3, 0.4) is 0 Å². The summed E-state index contributed by atoms with van der Waals surface area (Å²) < 4.78 is 2.34. The number of anilines is 1. The van der Waals surface area contributed by atoms with Crippen LogP contribution in [0.25, 0.3) is 0 Å². The summed E-state index contributed by atoms with van der Waals surface area (Å²) in [5, 5.41) is 3.63. The Morgan fingerprint density at radius 3 is 2.75 bits per heavy atom. The van der Waals surface area contributed by atoms with Crippen molar-refractivity contribution >= 4 is 17.7 Å². The maximum absolute atomic E-state index is 4.61. The summed E-state index contributed by atoms with van der Waals surface area (Å²) in [4.78, 5) is 4.61. The van der Waals surface area contributed by atoms with E-state index in [0.717, 1.165) is 17.7 Å². The van der Waals surface area contributed by atoms with Gasteiger partial charge < -0.3 is 9.88 Å². The first kappa shape index (κ1) is 10.5. The van der Waals surface area contributed by atoms with Crippen molar-refractivity contribution in [1.82, 2.24) is 9.55 Å². The summed E-state index contributed by atoms with van der Waals surface area (Å²) in [5.41, 5.74) is 1.14. The predicted molar refractivity (Wildman–Crippen MR) is 69.2 cm³/mol. The van der Waals surface area contributed by atoms with Crippen LogP contribution in [0.5, 0.6) is 0 Å². The molecule has 0 atom stereocenters. The molecule has 1 aliphatic heterocycles. The molecule has 1 N–H and O–H groups in total. The highest BCUT2D eigenvalue weighted by atomic mass is 32.2. The van der Waals surface area contributed by atoms with E-state index in [9.17, 15) is 0 Å². The van der Waals surface area contributed by atoms with Crippen LogP contribution in [0.4, 0.5) is 5.95 Å². The van der Waals surface area contributed by atoms with Gasteiger partial charge >= 0.3 is 0 Å². The molecular weight excluding hydrogens is 218 g/mol. The van der Waals surface area contributed by atoms with Crippen molar-refractivity contribution in [3.05, 3.63) is 11.9 Å². The Bertz CT molecular complexity index is 364. The zero-order chi connectivity index (χ0) is 11.0. The first-order valence-corrected chi connectivity index (χ1v) is 7.38. The molecule has 2 aliphatic rings. The molecule has 4 heteroatoms. The number of imidazole rings is 1. The number of hydrogen-bond donors (Lipinski definition) is 1. The Morgan fingerprint density at radius 2 is 2.06 bits per heavy atom. The number of nitrogens with zero attached hydrogens (tertiary/aromatic N) is 2. The third-order valence-corrected chi connectivity index (χ3v) is 4.40. The Labute approximate surface area is 101 Å². The fourth-order valence-electron chi connectivity index (χ4n) is 2.28.